The molecule has 0 bridgehead atoms. The third-order valence-electron chi connectivity index (χ3n) is 4.88. The molecule has 3 fully saturated rings. The second kappa shape index (κ2) is 5.77. The first-order valence-corrected chi connectivity index (χ1v) is 7.57. The fourth-order valence-electron chi connectivity index (χ4n) is 3.59. The average molecular weight is 267 g/mol. The molecule has 0 spiro atoms. The van der Waals surface area contributed by atoms with Crippen LogP contribution in [-0.4, -0.2) is 73.7 Å². The molecule has 1 atom stereocenters. The highest BCUT2D eigenvalue weighted by molar-refractivity contribution is 5.82. The van der Waals surface area contributed by atoms with Crippen LogP contribution >= 0.6 is 0 Å². The molecule has 0 aromatic heterocycles. The van der Waals surface area contributed by atoms with Crippen LogP contribution in [0.4, 0.5) is 0 Å². The van der Waals surface area contributed by atoms with E-state index in [0.717, 1.165) is 58.4 Å². The number of rotatable bonds is 3. The fourth-order valence-corrected chi connectivity index (χ4v) is 3.59. The summed E-state index contributed by atoms with van der Waals surface area (Å²) in [6.07, 6.45) is 4.82. The van der Waals surface area contributed by atoms with Crippen LogP contribution in [0.25, 0.3) is 0 Å². The number of hydrogen-bond acceptors (Lipinski definition) is 4. The topological polar surface area (TPSA) is 44.8 Å². The highest BCUT2D eigenvalue weighted by atomic mass is 16.5. The number of piperazine rings is 1. The maximum Gasteiger partial charge on any atom is 0.240 e. The van der Waals surface area contributed by atoms with Gasteiger partial charge in [0, 0.05) is 39.3 Å². The van der Waals surface area contributed by atoms with E-state index < -0.39 is 0 Å². The van der Waals surface area contributed by atoms with E-state index in [0.29, 0.717) is 18.1 Å². The van der Waals surface area contributed by atoms with Gasteiger partial charge in [-0.25, -0.2) is 0 Å². The van der Waals surface area contributed by atoms with Gasteiger partial charge in [-0.2, -0.15) is 0 Å². The summed E-state index contributed by atoms with van der Waals surface area (Å²) >= 11 is 0. The van der Waals surface area contributed by atoms with Crippen LogP contribution in [0.1, 0.15) is 25.7 Å². The van der Waals surface area contributed by atoms with Gasteiger partial charge in [0.15, 0.2) is 0 Å². The monoisotopic (exact) mass is 267 g/mol. The predicted molar refractivity (Wildman–Crippen MR) is 73.0 cm³/mol. The van der Waals surface area contributed by atoms with Crippen molar-refractivity contribution in [1.29, 1.82) is 0 Å². The molecule has 3 aliphatic rings. The van der Waals surface area contributed by atoms with Gasteiger partial charge in [0.1, 0.15) is 0 Å². The average Bonchev–Trinajstić information content (AvgIpc) is 2.87. The molecule has 1 saturated carbocycles. The predicted octanol–water partition coefficient (Wildman–Crippen LogP) is 0.0600. The molecule has 1 amide bonds. The minimum Gasteiger partial charge on any atom is -0.381 e. The van der Waals surface area contributed by atoms with E-state index in [1.807, 2.05) is 4.90 Å². The molecule has 2 saturated heterocycles. The summed E-state index contributed by atoms with van der Waals surface area (Å²) in [7, 11) is 1.79. The summed E-state index contributed by atoms with van der Waals surface area (Å²) in [4.78, 5) is 17.1. The van der Waals surface area contributed by atoms with E-state index in [4.69, 9.17) is 4.74 Å². The van der Waals surface area contributed by atoms with Crippen LogP contribution in [0.2, 0.25) is 0 Å². The molecule has 5 nitrogen and oxygen atoms in total. The van der Waals surface area contributed by atoms with E-state index >= 15 is 0 Å². The van der Waals surface area contributed by atoms with Crippen LogP contribution < -0.4 is 5.32 Å². The summed E-state index contributed by atoms with van der Waals surface area (Å²) in [5, 5.41) is 3.31. The highest BCUT2D eigenvalue weighted by Gasteiger charge is 2.42. The molecular formula is C14H25N3O2. The van der Waals surface area contributed by atoms with Gasteiger partial charge in [-0.3, -0.25) is 9.69 Å². The van der Waals surface area contributed by atoms with Crippen molar-refractivity contribution in [1.82, 2.24) is 15.1 Å². The normalized spacial score (nSPS) is 36.3. The molecule has 0 aromatic carbocycles. The Hall–Kier alpha value is -0.650. The van der Waals surface area contributed by atoms with Gasteiger partial charge in [-0.1, -0.05) is 0 Å². The quantitative estimate of drug-likeness (QED) is 0.785. The van der Waals surface area contributed by atoms with Crippen LogP contribution in [0.5, 0.6) is 0 Å². The number of nitrogens with zero attached hydrogens (tertiary/aromatic N) is 2. The lowest BCUT2D eigenvalue weighted by Crippen LogP contribution is -2.56. The molecule has 1 aliphatic carbocycles. The Morgan fingerprint density at radius 3 is 2.63 bits per heavy atom. The van der Waals surface area contributed by atoms with Gasteiger partial charge in [0.2, 0.25) is 5.91 Å². The Morgan fingerprint density at radius 1 is 1.21 bits per heavy atom. The number of nitrogens with one attached hydrogen (secondary N) is 1. The zero-order chi connectivity index (χ0) is 13.2. The number of carbonyl (C=O) groups excluding carboxylic acids is 1. The number of likely N-dealkylation sites (tertiary alicyclic amines) is 1. The molecule has 2 aliphatic heterocycles. The number of amides is 1. The van der Waals surface area contributed by atoms with E-state index in [2.05, 4.69) is 10.2 Å². The Labute approximate surface area is 115 Å². The molecule has 1 unspecified atom stereocenters. The standard InChI is InChI=1S/C14H25N3O2/c1-19-12-9-11(10-12)17-6-2-3-13(17)14(18)16-7-4-15-5-8-16/h11-13,15H,2-10H2,1H3. The zero-order valence-electron chi connectivity index (χ0n) is 11.8. The minimum absolute atomic E-state index is 0.140. The third kappa shape index (κ3) is 2.64. The molecule has 5 heteroatoms. The summed E-state index contributed by atoms with van der Waals surface area (Å²) in [5.41, 5.74) is 0. The van der Waals surface area contributed by atoms with Crippen molar-refractivity contribution >= 4 is 5.91 Å². The molecule has 0 aromatic rings. The first-order valence-electron chi connectivity index (χ1n) is 7.57. The molecule has 2 heterocycles. The van der Waals surface area contributed by atoms with Crippen molar-refractivity contribution in [2.24, 2.45) is 0 Å². The molecule has 1 N–H and O–H groups in total. The van der Waals surface area contributed by atoms with Gasteiger partial charge < -0.3 is 15.0 Å². The summed E-state index contributed by atoms with van der Waals surface area (Å²) in [5.74, 6) is 0.361. The van der Waals surface area contributed by atoms with Gasteiger partial charge >= 0.3 is 0 Å². The number of carbonyl (C=O) groups is 1. The van der Waals surface area contributed by atoms with Crippen molar-refractivity contribution in [3.8, 4) is 0 Å². The lowest BCUT2D eigenvalue weighted by atomic mass is 9.87. The lowest BCUT2D eigenvalue weighted by Gasteiger charge is -2.43. The van der Waals surface area contributed by atoms with E-state index in [1.54, 1.807) is 7.11 Å². The zero-order valence-corrected chi connectivity index (χ0v) is 11.8. The lowest BCUT2D eigenvalue weighted by molar-refractivity contribution is -0.139. The van der Waals surface area contributed by atoms with Crippen molar-refractivity contribution in [2.45, 2.75) is 43.9 Å². The van der Waals surface area contributed by atoms with Crippen molar-refractivity contribution in [3.05, 3.63) is 0 Å². The largest absolute Gasteiger partial charge is 0.381 e. The van der Waals surface area contributed by atoms with E-state index in [1.165, 1.54) is 0 Å². The van der Waals surface area contributed by atoms with Gasteiger partial charge in [-0.05, 0) is 32.2 Å². The Balaban J connectivity index is 1.58. The Morgan fingerprint density at radius 2 is 1.95 bits per heavy atom. The van der Waals surface area contributed by atoms with Gasteiger partial charge in [-0.15, -0.1) is 0 Å². The minimum atomic E-state index is 0.140. The van der Waals surface area contributed by atoms with Crippen molar-refractivity contribution < 1.29 is 9.53 Å². The van der Waals surface area contributed by atoms with E-state index in [9.17, 15) is 4.79 Å². The van der Waals surface area contributed by atoms with Crippen molar-refractivity contribution in [3.63, 3.8) is 0 Å². The number of methoxy groups -OCH3 is 1. The van der Waals surface area contributed by atoms with Crippen LogP contribution in [-0.2, 0) is 9.53 Å². The second-order valence-electron chi connectivity index (χ2n) is 5.95. The first-order chi connectivity index (χ1) is 9.29. The first kappa shape index (κ1) is 13.3. The molecule has 0 radical (unpaired) electrons. The highest BCUT2D eigenvalue weighted by Crippen LogP contribution is 2.33. The van der Waals surface area contributed by atoms with Crippen LogP contribution in [0.15, 0.2) is 0 Å². The second-order valence-corrected chi connectivity index (χ2v) is 5.95. The Kier molecular flexibility index (Phi) is 4.05. The molecule has 3 rings (SSSR count). The Bertz CT molecular complexity index is 325. The summed E-state index contributed by atoms with van der Waals surface area (Å²) in [6, 6.07) is 0.713. The smallest absolute Gasteiger partial charge is 0.240 e. The van der Waals surface area contributed by atoms with E-state index in [-0.39, 0.29) is 6.04 Å². The summed E-state index contributed by atoms with van der Waals surface area (Å²) in [6.45, 7) is 4.70. The molecule has 19 heavy (non-hydrogen) atoms. The fraction of sp³-hybridized carbons (Fsp3) is 0.929. The number of hydrogen-bond donors (Lipinski definition) is 1. The van der Waals surface area contributed by atoms with Crippen LogP contribution in [0.3, 0.4) is 0 Å². The van der Waals surface area contributed by atoms with Gasteiger partial charge in [0.25, 0.3) is 0 Å². The maximum absolute atomic E-state index is 12.6. The number of ether oxygens (including phenoxy) is 1. The van der Waals surface area contributed by atoms with Crippen molar-refractivity contribution in [2.75, 3.05) is 39.8 Å². The van der Waals surface area contributed by atoms with Gasteiger partial charge in [0.05, 0.1) is 12.1 Å². The molecular weight excluding hydrogens is 242 g/mol. The SMILES string of the molecule is COC1CC(N2CCCC2C(=O)N2CCNCC2)C1. The maximum atomic E-state index is 12.6. The molecule has 108 valence electrons. The third-order valence-corrected chi connectivity index (χ3v) is 4.88. The summed E-state index contributed by atoms with van der Waals surface area (Å²) < 4.78 is 5.36. The van der Waals surface area contributed by atoms with Crippen LogP contribution in [0, 0.1) is 0 Å².